The minimum atomic E-state index is -1.58. The number of phenols is 1. The van der Waals surface area contributed by atoms with Gasteiger partial charge in [-0.25, -0.2) is 0 Å². The molecule has 2 saturated heterocycles. The Balaban J connectivity index is 1.55. The molecule has 3 aliphatic rings. The smallest absolute Gasteiger partial charge is 0.325 e. The van der Waals surface area contributed by atoms with Crippen molar-refractivity contribution in [2.24, 2.45) is 5.92 Å². The SMILES string of the molecule is C=CCOC(=O)[C@H]1[C@@H]2C(=O)O[C@@H](c3ccccc3)[C@@H](c3ccccc3)N2[C@@H](c2ccc(O)cc2)[C@]12C(=O)Nc1ccccc12. The predicted molar refractivity (Wildman–Crippen MR) is 162 cm³/mol. The largest absolute Gasteiger partial charge is 0.508 e. The molecular formula is C36H30N2O6. The Hall–Kier alpha value is -5.21. The number of aromatic hydroxyl groups is 1. The summed E-state index contributed by atoms with van der Waals surface area (Å²) < 4.78 is 12.0. The summed E-state index contributed by atoms with van der Waals surface area (Å²) in [6.07, 6.45) is 0.705. The molecule has 3 heterocycles. The van der Waals surface area contributed by atoms with Crippen molar-refractivity contribution in [1.29, 1.82) is 0 Å². The van der Waals surface area contributed by atoms with Gasteiger partial charge in [-0.3, -0.25) is 19.3 Å². The summed E-state index contributed by atoms with van der Waals surface area (Å²) in [5.74, 6) is -2.95. The number of nitrogens with one attached hydrogen (secondary N) is 1. The molecule has 8 nitrogen and oxygen atoms in total. The van der Waals surface area contributed by atoms with Crippen molar-refractivity contribution in [3.05, 3.63) is 144 Å². The van der Waals surface area contributed by atoms with E-state index in [-0.39, 0.29) is 12.4 Å². The number of rotatable bonds is 6. The van der Waals surface area contributed by atoms with Crippen LogP contribution in [0.4, 0.5) is 5.69 Å². The van der Waals surface area contributed by atoms with Gasteiger partial charge in [0.25, 0.3) is 0 Å². The first kappa shape index (κ1) is 27.6. The molecule has 220 valence electrons. The fourth-order valence-electron chi connectivity index (χ4n) is 7.40. The van der Waals surface area contributed by atoms with Crippen LogP contribution in [0.5, 0.6) is 5.75 Å². The quantitative estimate of drug-likeness (QED) is 0.231. The number of fused-ring (bicyclic) bond motifs is 3. The number of hydrogen-bond donors (Lipinski definition) is 2. The van der Waals surface area contributed by atoms with Crippen LogP contribution in [0, 0.1) is 5.92 Å². The van der Waals surface area contributed by atoms with Crippen LogP contribution in [-0.2, 0) is 29.3 Å². The highest BCUT2D eigenvalue weighted by Crippen LogP contribution is 2.64. The number of carbonyl (C=O) groups is 3. The summed E-state index contributed by atoms with van der Waals surface area (Å²) in [4.78, 5) is 45.1. The molecule has 0 saturated carbocycles. The molecule has 1 amide bonds. The Bertz CT molecular complexity index is 1740. The third kappa shape index (κ3) is 4.06. The fourth-order valence-corrected chi connectivity index (χ4v) is 7.40. The maximum Gasteiger partial charge on any atom is 0.325 e. The molecular weight excluding hydrogens is 556 g/mol. The van der Waals surface area contributed by atoms with Crippen molar-refractivity contribution in [1.82, 2.24) is 4.90 Å². The normalized spacial score (nSPS) is 27.2. The zero-order valence-electron chi connectivity index (χ0n) is 23.7. The highest BCUT2D eigenvalue weighted by molar-refractivity contribution is 6.11. The summed E-state index contributed by atoms with van der Waals surface area (Å²) in [6, 6.07) is 30.4. The van der Waals surface area contributed by atoms with Crippen LogP contribution in [0.2, 0.25) is 0 Å². The van der Waals surface area contributed by atoms with Crippen molar-refractivity contribution < 1.29 is 29.0 Å². The van der Waals surface area contributed by atoms with Gasteiger partial charge in [0.2, 0.25) is 5.91 Å². The lowest BCUT2D eigenvalue weighted by atomic mass is 9.65. The molecule has 0 aliphatic carbocycles. The van der Waals surface area contributed by atoms with E-state index in [1.54, 1.807) is 30.3 Å². The maximum absolute atomic E-state index is 14.6. The second kappa shape index (κ2) is 10.8. The van der Waals surface area contributed by atoms with Crippen molar-refractivity contribution in [2.75, 3.05) is 11.9 Å². The Morgan fingerprint density at radius 3 is 2.18 bits per heavy atom. The van der Waals surface area contributed by atoms with E-state index in [1.165, 1.54) is 6.08 Å². The van der Waals surface area contributed by atoms with E-state index < -0.39 is 53.4 Å². The summed E-state index contributed by atoms with van der Waals surface area (Å²) in [6.45, 7) is 3.59. The van der Waals surface area contributed by atoms with Gasteiger partial charge in [-0.1, -0.05) is 104 Å². The maximum atomic E-state index is 14.6. The lowest BCUT2D eigenvalue weighted by Crippen LogP contribution is -2.52. The third-order valence-electron chi connectivity index (χ3n) is 9.02. The van der Waals surface area contributed by atoms with Crippen LogP contribution in [0.25, 0.3) is 0 Å². The number of para-hydroxylation sites is 1. The number of ether oxygens (including phenoxy) is 2. The number of hydrogen-bond acceptors (Lipinski definition) is 7. The Kier molecular flexibility index (Phi) is 6.78. The predicted octanol–water partition coefficient (Wildman–Crippen LogP) is 5.39. The Labute approximate surface area is 254 Å². The van der Waals surface area contributed by atoms with E-state index in [0.717, 1.165) is 11.1 Å². The van der Waals surface area contributed by atoms with Crippen LogP contribution in [0.15, 0.2) is 122 Å². The second-order valence-electron chi connectivity index (χ2n) is 11.3. The van der Waals surface area contributed by atoms with Crippen LogP contribution in [-0.4, -0.2) is 40.5 Å². The van der Waals surface area contributed by atoms with Gasteiger partial charge in [-0.2, -0.15) is 0 Å². The van der Waals surface area contributed by atoms with E-state index >= 15 is 0 Å². The molecule has 0 aromatic heterocycles. The lowest BCUT2D eigenvalue weighted by molar-refractivity contribution is -0.180. The average molecular weight is 587 g/mol. The summed E-state index contributed by atoms with van der Waals surface area (Å²) in [7, 11) is 0. The number of morpholine rings is 1. The number of esters is 2. The molecule has 3 aliphatic heterocycles. The van der Waals surface area contributed by atoms with Crippen molar-refractivity contribution in [3.8, 4) is 5.75 Å². The topological polar surface area (TPSA) is 105 Å². The standard InChI is InChI=1S/C36H30N2O6/c1-2-21-43-33(40)28-30-34(41)44-31(23-13-7-4-8-14-23)29(22-11-5-3-6-12-22)38(30)32(24-17-19-25(39)20-18-24)36(28)26-15-9-10-16-27(26)37-35(36)42/h2-20,28-32,39H,1,21H2,(H,37,42)/t28-,29-,30-,31+,32+,36-/m1/s1. The first-order valence-electron chi connectivity index (χ1n) is 14.5. The molecule has 4 aromatic carbocycles. The molecule has 2 N–H and O–H groups in total. The average Bonchev–Trinajstić information content (AvgIpc) is 3.53. The molecule has 0 unspecified atom stereocenters. The zero-order valence-corrected chi connectivity index (χ0v) is 23.7. The molecule has 2 fully saturated rings. The van der Waals surface area contributed by atoms with E-state index in [2.05, 4.69) is 11.9 Å². The fraction of sp³-hybridized carbons (Fsp3) is 0.194. The van der Waals surface area contributed by atoms with E-state index in [1.807, 2.05) is 83.8 Å². The van der Waals surface area contributed by atoms with Gasteiger partial charge in [0, 0.05) is 5.69 Å². The van der Waals surface area contributed by atoms with Crippen molar-refractivity contribution >= 4 is 23.5 Å². The highest BCUT2D eigenvalue weighted by atomic mass is 16.6. The van der Waals surface area contributed by atoms with Crippen LogP contribution >= 0.6 is 0 Å². The summed E-state index contributed by atoms with van der Waals surface area (Å²) in [5, 5.41) is 13.3. The molecule has 6 atom stereocenters. The monoisotopic (exact) mass is 586 g/mol. The Morgan fingerprint density at radius 1 is 0.864 bits per heavy atom. The Morgan fingerprint density at radius 2 is 1.50 bits per heavy atom. The summed E-state index contributed by atoms with van der Waals surface area (Å²) in [5.41, 5.74) is 1.86. The molecule has 4 aromatic rings. The van der Waals surface area contributed by atoms with E-state index in [0.29, 0.717) is 16.8 Å². The molecule has 44 heavy (non-hydrogen) atoms. The number of benzene rings is 4. The van der Waals surface area contributed by atoms with Crippen LogP contribution in [0.3, 0.4) is 0 Å². The number of amides is 1. The molecule has 1 spiro atoms. The van der Waals surface area contributed by atoms with Gasteiger partial charge in [-0.05, 0) is 40.5 Å². The number of cyclic esters (lactones) is 1. The minimum absolute atomic E-state index is 0.0513. The molecule has 8 heteroatoms. The second-order valence-corrected chi connectivity index (χ2v) is 11.3. The van der Waals surface area contributed by atoms with Crippen LogP contribution in [0.1, 0.15) is 40.4 Å². The first-order valence-corrected chi connectivity index (χ1v) is 14.5. The van der Waals surface area contributed by atoms with E-state index in [9.17, 15) is 19.5 Å². The summed E-state index contributed by atoms with van der Waals surface area (Å²) >= 11 is 0. The number of nitrogens with zero attached hydrogens (tertiary/aromatic N) is 1. The van der Waals surface area contributed by atoms with Crippen molar-refractivity contribution in [3.63, 3.8) is 0 Å². The van der Waals surface area contributed by atoms with Gasteiger partial charge in [0.05, 0.1) is 12.1 Å². The molecule has 0 radical (unpaired) electrons. The minimum Gasteiger partial charge on any atom is -0.508 e. The van der Waals surface area contributed by atoms with Crippen LogP contribution < -0.4 is 5.32 Å². The van der Waals surface area contributed by atoms with Gasteiger partial charge in [0.1, 0.15) is 35.8 Å². The van der Waals surface area contributed by atoms with Gasteiger partial charge in [-0.15, -0.1) is 0 Å². The highest BCUT2D eigenvalue weighted by Gasteiger charge is 2.74. The molecule has 0 bridgehead atoms. The number of phenolic OH excluding ortho intramolecular Hbond substituents is 1. The van der Waals surface area contributed by atoms with Crippen molar-refractivity contribution in [2.45, 2.75) is 29.6 Å². The molecule has 7 rings (SSSR count). The van der Waals surface area contributed by atoms with Gasteiger partial charge < -0.3 is 19.9 Å². The number of anilines is 1. The van der Waals surface area contributed by atoms with E-state index in [4.69, 9.17) is 9.47 Å². The number of carbonyl (C=O) groups excluding carboxylic acids is 3. The van der Waals surface area contributed by atoms with Gasteiger partial charge in [0.15, 0.2) is 0 Å². The lowest BCUT2D eigenvalue weighted by Gasteiger charge is -2.46. The first-order chi connectivity index (χ1) is 21.5. The zero-order chi connectivity index (χ0) is 30.4. The third-order valence-corrected chi connectivity index (χ3v) is 9.02. The van der Waals surface area contributed by atoms with Gasteiger partial charge >= 0.3 is 11.9 Å².